The van der Waals surface area contributed by atoms with E-state index in [1.165, 1.54) is 6.21 Å². The van der Waals surface area contributed by atoms with Gasteiger partial charge in [-0.05, 0) is 29.0 Å². The molecule has 0 fully saturated rings. The van der Waals surface area contributed by atoms with Gasteiger partial charge in [-0.25, -0.2) is 5.43 Å². The van der Waals surface area contributed by atoms with Gasteiger partial charge < -0.3 is 9.67 Å². The van der Waals surface area contributed by atoms with Crippen LogP contribution in [-0.2, 0) is 18.3 Å². The molecule has 3 aromatic rings. The zero-order valence-corrected chi connectivity index (χ0v) is 12.7. The Balaban J connectivity index is 1.74. The first kappa shape index (κ1) is 14.8. The number of fused-ring (bicyclic) bond motifs is 1. The van der Waals surface area contributed by atoms with Gasteiger partial charge in [0.15, 0.2) is 0 Å². The molecule has 5 nitrogen and oxygen atoms in total. The summed E-state index contributed by atoms with van der Waals surface area (Å²) in [6, 6.07) is 14.9. The van der Waals surface area contributed by atoms with Gasteiger partial charge in [-0.2, -0.15) is 5.10 Å². The molecule has 2 aromatic carbocycles. The Morgan fingerprint density at radius 2 is 2.04 bits per heavy atom. The molecule has 3 rings (SSSR count). The van der Waals surface area contributed by atoms with E-state index in [1.807, 2.05) is 60.3 Å². The van der Waals surface area contributed by atoms with Crippen LogP contribution in [-0.4, -0.2) is 21.8 Å². The molecule has 0 aliphatic carbocycles. The fourth-order valence-corrected chi connectivity index (χ4v) is 2.47. The lowest BCUT2D eigenvalue weighted by molar-refractivity contribution is -0.120. The smallest absolute Gasteiger partial charge is 0.245 e. The Labute approximate surface area is 133 Å². The highest BCUT2D eigenvalue weighted by Crippen LogP contribution is 2.25. The Bertz CT molecular complexity index is 881. The SMILES string of the molecule is Cn1cccc1CC(=O)N/N=C/c1c(O)ccc2ccccc12. The number of nitrogens with one attached hydrogen (secondary N) is 1. The van der Waals surface area contributed by atoms with Crippen LogP contribution in [0.25, 0.3) is 10.8 Å². The van der Waals surface area contributed by atoms with Crippen LogP contribution < -0.4 is 5.43 Å². The number of aryl methyl sites for hydroxylation is 1. The average molecular weight is 307 g/mol. The first-order chi connectivity index (χ1) is 11.1. The number of hydrogen-bond donors (Lipinski definition) is 2. The predicted octanol–water partition coefficient (Wildman–Crippen LogP) is 2.58. The van der Waals surface area contributed by atoms with Gasteiger partial charge in [0.1, 0.15) is 5.75 Å². The highest BCUT2D eigenvalue weighted by atomic mass is 16.3. The van der Waals surface area contributed by atoms with E-state index < -0.39 is 0 Å². The molecule has 1 heterocycles. The van der Waals surface area contributed by atoms with Crippen LogP contribution >= 0.6 is 0 Å². The topological polar surface area (TPSA) is 66.6 Å². The van der Waals surface area contributed by atoms with E-state index >= 15 is 0 Å². The van der Waals surface area contributed by atoms with Crippen molar-refractivity contribution in [3.8, 4) is 5.75 Å². The third-order valence-electron chi connectivity index (χ3n) is 3.72. The van der Waals surface area contributed by atoms with E-state index in [0.29, 0.717) is 5.56 Å². The number of nitrogens with zero attached hydrogens (tertiary/aromatic N) is 2. The number of carbonyl (C=O) groups is 1. The Hall–Kier alpha value is -3.08. The summed E-state index contributed by atoms with van der Waals surface area (Å²) in [5.74, 6) is -0.0769. The Morgan fingerprint density at radius 1 is 1.22 bits per heavy atom. The van der Waals surface area contributed by atoms with Gasteiger partial charge in [-0.15, -0.1) is 0 Å². The number of rotatable bonds is 4. The van der Waals surface area contributed by atoms with Crippen molar-refractivity contribution in [1.82, 2.24) is 9.99 Å². The summed E-state index contributed by atoms with van der Waals surface area (Å²) in [4.78, 5) is 11.9. The first-order valence-corrected chi connectivity index (χ1v) is 7.28. The highest BCUT2D eigenvalue weighted by Gasteiger charge is 2.06. The van der Waals surface area contributed by atoms with Crippen LogP contribution in [0.1, 0.15) is 11.3 Å². The monoisotopic (exact) mass is 307 g/mol. The summed E-state index contributed by atoms with van der Waals surface area (Å²) >= 11 is 0. The van der Waals surface area contributed by atoms with Gasteiger partial charge in [0, 0.05) is 24.5 Å². The second kappa shape index (κ2) is 6.36. The van der Waals surface area contributed by atoms with E-state index in [-0.39, 0.29) is 18.1 Å². The number of phenolic OH excluding ortho intramolecular Hbond substituents is 1. The minimum Gasteiger partial charge on any atom is -0.507 e. The molecule has 1 amide bonds. The van der Waals surface area contributed by atoms with Gasteiger partial charge in [-0.1, -0.05) is 30.3 Å². The normalized spacial score (nSPS) is 11.2. The number of hydrazone groups is 1. The van der Waals surface area contributed by atoms with Crippen molar-refractivity contribution >= 4 is 22.9 Å². The quantitative estimate of drug-likeness (QED) is 0.574. The molecule has 0 unspecified atom stereocenters. The molecule has 0 aliphatic rings. The first-order valence-electron chi connectivity index (χ1n) is 7.28. The molecule has 0 saturated heterocycles. The maximum absolute atomic E-state index is 11.9. The fourth-order valence-electron chi connectivity index (χ4n) is 2.47. The standard InChI is InChI=1S/C18H17N3O2/c1-21-10-4-6-14(21)11-18(23)20-19-12-16-15-7-3-2-5-13(15)8-9-17(16)22/h2-10,12,22H,11H2,1H3,(H,20,23)/b19-12+. The molecule has 116 valence electrons. The molecule has 5 heteroatoms. The molecule has 0 radical (unpaired) electrons. The lowest BCUT2D eigenvalue weighted by atomic mass is 10.0. The third kappa shape index (κ3) is 3.23. The van der Waals surface area contributed by atoms with Gasteiger partial charge in [0.2, 0.25) is 5.91 Å². The minimum atomic E-state index is -0.206. The van der Waals surface area contributed by atoms with Crippen LogP contribution in [0.5, 0.6) is 5.75 Å². The van der Waals surface area contributed by atoms with Crippen LogP contribution in [0.4, 0.5) is 0 Å². The summed E-state index contributed by atoms with van der Waals surface area (Å²) in [7, 11) is 1.89. The number of benzene rings is 2. The van der Waals surface area contributed by atoms with Gasteiger partial charge in [-0.3, -0.25) is 4.79 Å². The van der Waals surface area contributed by atoms with Crippen molar-refractivity contribution < 1.29 is 9.90 Å². The molecule has 0 atom stereocenters. The van der Waals surface area contributed by atoms with Crippen molar-refractivity contribution in [3.63, 3.8) is 0 Å². The van der Waals surface area contributed by atoms with Crippen molar-refractivity contribution in [2.24, 2.45) is 12.1 Å². The van der Waals surface area contributed by atoms with E-state index in [1.54, 1.807) is 6.07 Å². The molecule has 0 aliphatic heterocycles. The average Bonchev–Trinajstić information content (AvgIpc) is 2.94. The van der Waals surface area contributed by atoms with Gasteiger partial charge in [0.05, 0.1) is 12.6 Å². The molecule has 2 N–H and O–H groups in total. The number of phenols is 1. The number of hydrogen-bond acceptors (Lipinski definition) is 3. The van der Waals surface area contributed by atoms with Crippen LogP contribution in [0.2, 0.25) is 0 Å². The molecule has 1 aromatic heterocycles. The van der Waals surface area contributed by atoms with Crippen molar-refractivity contribution in [2.75, 3.05) is 0 Å². The van der Waals surface area contributed by atoms with E-state index in [0.717, 1.165) is 16.5 Å². The summed E-state index contributed by atoms with van der Waals surface area (Å²) in [6.45, 7) is 0. The molecular formula is C18H17N3O2. The molecule has 0 bridgehead atoms. The number of amides is 1. The molecule has 0 spiro atoms. The fraction of sp³-hybridized carbons (Fsp3) is 0.111. The second-order valence-corrected chi connectivity index (χ2v) is 5.30. The number of carbonyl (C=O) groups excluding carboxylic acids is 1. The van der Waals surface area contributed by atoms with Gasteiger partial charge in [0.25, 0.3) is 0 Å². The second-order valence-electron chi connectivity index (χ2n) is 5.30. The Morgan fingerprint density at radius 3 is 2.83 bits per heavy atom. The van der Waals surface area contributed by atoms with Crippen LogP contribution in [0, 0.1) is 0 Å². The maximum atomic E-state index is 11.9. The predicted molar refractivity (Wildman–Crippen MR) is 90.5 cm³/mol. The summed E-state index contributed by atoms with van der Waals surface area (Å²) in [6.07, 6.45) is 3.61. The van der Waals surface area contributed by atoms with Gasteiger partial charge >= 0.3 is 0 Å². The lowest BCUT2D eigenvalue weighted by Gasteiger charge is -2.05. The number of aromatic hydroxyl groups is 1. The third-order valence-corrected chi connectivity index (χ3v) is 3.72. The van der Waals surface area contributed by atoms with Crippen molar-refractivity contribution in [2.45, 2.75) is 6.42 Å². The van der Waals surface area contributed by atoms with E-state index in [9.17, 15) is 9.90 Å². The molecule has 23 heavy (non-hydrogen) atoms. The van der Waals surface area contributed by atoms with Crippen LogP contribution in [0.15, 0.2) is 59.8 Å². The van der Waals surface area contributed by atoms with Crippen molar-refractivity contribution in [3.05, 3.63) is 66.0 Å². The van der Waals surface area contributed by atoms with E-state index in [2.05, 4.69) is 10.5 Å². The lowest BCUT2D eigenvalue weighted by Crippen LogP contribution is -2.20. The largest absolute Gasteiger partial charge is 0.507 e. The zero-order chi connectivity index (χ0) is 16.2. The molecular weight excluding hydrogens is 290 g/mol. The molecule has 0 saturated carbocycles. The van der Waals surface area contributed by atoms with Crippen molar-refractivity contribution in [1.29, 1.82) is 0 Å². The summed E-state index contributed by atoms with van der Waals surface area (Å²) < 4.78 is 1.89. The highest BCUT2D eigenvalue weighted by molar-refractivity contribution is 6.02. The van der Waals surface area contributed by atoms with Crippen LogP contribution in [0.3, 0.4) is 0 Å². The Kier molecular flexibility index (Phi) is 4.10. The maximum Gasteiger partial charge on any atom is 0.245 e. The summed E-state index contributed by atoms with van der Waals surface area (Å²) in [5.41, 5.74) is 3.99. The van der Waals surface area contributed by atoms with E-state index in [4.69, 9.17) is 0 Å². The zero-order valence-electron chi connectivity index (χ0n) is 12.7. The number of aromatic nitrogens is 1. The summed E-state index contributed by atoms with van der Waals surface area (Å²) in [5, 5.41) is 15.9. The minimum absolute atomic E-state index is 0.129.